The number of carbonyl (C=O) groups is 2. The Morgan fingerprint density at radius 2 is 1.59 bits per heavy atom. The fourth-order valence-electron chi connectivity index (χ4n) is 3.49. The lowest BCUT2D eigenvalue weighted by molar-refractivity contribution is -0.113. The monoisotopic (exact) mass is 456 g/mol. The van der Waals surface area contributed by atoms with Crippen molar-refractivity contribution in [2.24, 2.45) is 0 Å². The molecule has 174 valence electrons. The lowest BCUT2D eigenvalue weighted by Crippen LogP contribution is -2.30. The average Bonchev–Trinajstić information content (AvgIpc) is 3.11. The molecular formula is C27H28N4O3. The van der Waals surface area contributed by atoms with Crippen LogP contribution >= 0.6 is 0 Å². The van der Waals surface area contributed by atoms with Crippen molar-refractivity contribution in [1.82, 2.24) is 15.5 Å². The molecule has 0 radical (unpaired) electrons. The van der Waals surface area contributed by atoms with Crippen LogP contribution in [0.2, 0.25) is 0 Å². The van der Waals surface area contributed by atoms with Gasteiger partial charge in [0.25, 0.3) is 5.91 Å². The molecule has 1 fully saturated rings. The molecule has 0 atom stereocenters. The molecule has 4 rings (SSSR count). The maximum atomic E-state index is 12.9. The Morgan fingerprint density at radius 3 is 2.26 bits per heavy atom. The highest BCUT2D eigenvalue weighted by molar-refractivity contribution is 6.28. The third-order valence-corrected chi connectivity index (χ3v) is 5.31. The van der Waals surface area contributed by atoms with Gasteiger partial charge in [0, 0.05) is 19.6 Å². The fraction of sp³-hybridized carbons (Fsp3) is 0.185. The minimum atomic E-state index is -0.477. The first kappa shape index (κ1) is 23.2. The number of rotatable bonds is 9. The average molecular weight is 457 g/mol. The molecule has 3 aromatic carbocycles. The number of para-hydroxylation sites is 1. The van der Waals surface area contributed by atoms with Crippen LogP contribution in [0.4, 0.5) is 10.5 Å². The maximum absolute atomic E-state index is 12.9. The van der Waals surface area contributed by atoms with E-state index in [2.05, 4.69) is 15.5 Å². The Morgan fingerprint density at radius 1 is 0.912 bits per heavy atom. The molecule has 0 saturated carbocycles. The van der Waals surface area contributed by atoms with Gasteiger partial charge in [-0.15, -0.1) is 0 Å². The molecular weight excluding hydrogens is 428 g/mol. The predicted molar refractivity (Wildman–Crippen MR) is 134 cm³/mol. The van der Waals surface area contributed by atoms with Crippen LogP contribution in [0.25, 0.3) is 6.08 Å². The second-order valence-electron chi connectivity index (χ2n) is 8.26. The summed E-state index contributed by atoms with van der Waals surface area (Å²) in [6.07, 6.45) is 1.69. The number of nitrogens with zero attached hydrogens (tertiary/aromatic N) is 2. The number of anilines is 1. The molecule has 1 saturated heterocycles. The van der Waals surface area contributed by atoms with E-state index in [1.807, 2.05) is 68.7 Å². The Kier molecular flexibility index (Phi) is 7.37. The molecule has 0 bridgehead atoms. The highest BCUT2D eigenvalue weighted by atomic mass is 16.5. The summed E-state index contributed by atoms with van der Waals surface area (Å²) in [5.41, 5.74) is 2.72. The highest BCUT2D eigenvalue weighted by Gasteiger charge is 2.34. The van der Waals surface area contributed by atoms with Gasteiger partial charge in [0.2, 0.25) is 0 Å². The van der Waals surface area contributed by atoms with E-state index in [1.165, 1.54) is 0 Å². The summed E-state index contributed by atoms with van der Waals surface area (Å²) in [6, 6.07) is 23.7. The first-order valence-electron chi connectivity index (χ1n) is 11.1. The summed E-state index contributed by atoms with van der Waals surface area (Å²) in [5, 5.41) is 6.07. The molecule has 3 amide bonds. The highest BCUT2D eigenvalue weighted by Crippen LogP contribution is 2.27. The number of imide groups is 1. The second kappa shape index (κ2) is 10.8. The third kappa shape index (κ3) is 5.89. The summed E-state index contributed by atoms with van der Waals surface area (Å²) < 4.78 is 5.78. The van der Waals surface area contributed by atoms with Crippen molar-refractivity contribution in [3.63, 3.8) is 0 Å². The summed E-state index contributed by atoms with van der Waals surface area (Å²) >= 11 is 0. The van der Waals surface area contributed by atoms with Crippen LogP contribution in [0.3, 0.4) is 0 Å². The Balaban J connectivity index is 1.39. The summed E-state index contributed by atoms with van der Waals surface area (Å²) in [4.78, 5) is 28.7. The standard InChI is InChI=1S/C27H28N4O3/c1-30(2)17-16-28-19-21-10-8-20(9-11-21)18-25-26(32)31(27(33)29-25)22-12-14-24(15-13-22)34-23-6-4-3-5-7-23/h3-15,18,28H,16-17,19H2,1-2H3,(H,29,33)/b25-18-. The molecule has 3 aromatic rings. The minimum absolute atomic E-state index is 0.242. The number of likely N-dealkylation sites (N-methyl/N-ethyl adjacent to an activating group) is 1. The van der Waals surface area contributed by atoms with Crippen molar-refractivity contribution in [3.8, 4) is 11.5 Å². The van der Waals surface area contributed by atoms with Gasteiger partial charge in [0.15, 0.2) is 0 Å². The van der Waals surface area contributed by atoms with Crippen molar-refractivity contribution in [2.45, 2.75) is 6.54 Å². The van der Waals surface area contributed by atoms with Crippen LogP contribution in [0, 0.1) is 0 Å². The molecule has 0 unspecified atom stereocenters. The van der Waals surface area contributed by atoms with E-state index in [1.54, 1.807) is 30.3 Å². The van der Waals surface area contributed by atoms with Crippen LogP contribution < -0.4 is 20.3 Å². The van der Waals surface area contributed by atoms with Crippen molar-refractivity contribution < 1.29 is 14.3 Å². The first-order valence-corrected chi connectivity index (χ1v) is 11.1. The van der Waals surface area contributed by atoms with E-state index < -0.39 is 11.9 Å². The normalized spacial score (nSPS) is 14.7. The van der Waals surface area contributed by atoms with Gasteiger partial charge in [-0.1, -0.05) is 42.5 Å². The van der Waals surface area contributed by atoms with Crippen molar-refractivity contribution in [3.05, 3.63) is 95.7 Å². The molecule has 0 spiro atoms. The number of nitrogens with one attached hydrogen (secondary N) is 2. The quantitative estimate of drug-likeness (QED) is 0.286. The SMILES string of the molecule is CN(C)CCNCc1ccc(/C=C2\NC(=O)N(c3ccc(Oc4ccccc4)cc3)C2=O)cc1. The number of amides is 3. The van der Waals surface area contributed by atoms with Crippen LogP contribution in [0.15, 0.2) is 84.6 Å². The van der Waals surface area contributed by atoms with Gasteiger partial charge in [-0.2, -0.15) is 0 Å². The predicted octanol–water partition coefficient (Wildman–Crippen LogP) is 4.23. The largest absolute Gasteiger partial charge is 0.457 e. The lowest BCUT2D eigenvalue weighted by Gasteiger charge is -2.13. The summed E-state index contributed by atoms with van der Waals surface area (Å²) in [7, 11) is 4.09. The van der Waals surface area contributed by atoms with Gasteiger partial charge in [0.05, 0.1) is 5.69 Å². The molecule has 1 aliphatic heterocycles. The van der Waals surface area contributed by atoms with Crippen molar-refractivity contribution >= 4 is 23.7 Å². The van der Waals surface area contributed by atoms with Gasteiger partial charge >= 0.3 is 6.03 Å². The number of urea groups is 1. The zero-order chi connectivity index (χ0) is 23.9. The maximum Gasteiger partial charge on any atom is 0.333 e. The zero-order valence-corrected chi connectivity index (χ0v) is 19.3. The Hall–Kier alpha value is -3.94. The Labute approximate surface area is 199 Å². The summed E-state index contributed by atoms with van der Waals surface area (Å²) in [5.74, 6) is 0.941. The molecule has 34 heavy (non-hydrogen) atoms. The van der Waals surface area contributed by atoms with E-state index in [0.717, 1.165) is 35.7 Å². The van der Waals surface area contributed by atoms with Crippen LogP contribution in [-0.4, -0.2) is 44.0 Å². The van der Waals surface area contributed by atoms with Gasteiger partial charge in [-0.25, -0.2) is 9.69 Å². The molecule has 7 heteroatoms. The van der Waals surface area contributed by atoms with Gasteiger partial charge in [-0.05, 0) is 67.7 Å². The topological polar surface area (TPSA) is 73.9 Å². The summed E-state index contributed by atoms with van der Waals surface area (Å²) in [6.45, 7) is 2.66. The van der Waals surface area contributed by atoms with Crippen molar-refractivity contribution in [2.75, 3.05) is 32.1 Å². The fourth-order valence-corrected chi connectivity index (χ4v) is 3.49. The number of hydrogen-bond donors (Lipinski definition) is 2. The van der Waals surface area contributed by atoms with Gasteiger partial charge < -0.3 is 20.3 Å². The van der Waals surface area contributed by atoms with Crippen LogP contribution in [0.5, 0.6) is 11.5 Å². The van der Waals surface area contributed by atoms with Crippen LogP contribution in [0.1, 0.15) is 11.1 Å². The second-order valence-corrected chi connectivity index (χ2v) is 8.26. The molecule has 7 nitrogen and oxygen atoms in total. The molecule has 2 N–H and O–H groups in total. The molecule has 1 aliphatic rings. The zero-order valence-electron chi connectivity index (χ0n) is 19.3. The van der Waals surface area contributed by atoms with E-state index in [4.69, 9.17) is 4.74 Å². The van der Waals surface area contributed by atoms with E-state index >= 15 is 0 Å². The minimum Gasteiger partial charge on any atom is -0.457 e. The van der Waals surface area contributed by atoms with Gasteiger partial charge in [-0.3, -0.25) is 4.79 Å². The number of benzene rings is 3. The Bertz CT molecular complexity index is 1160. The number of carbonyl (C=O) groups excluding carboxylic acids is 2. The lowest BCUT2D eigenvalue weighted by atomic mass is 10.1. The first-order chi connectivity index (χ1) is 16.5. The van der Waals surface area contributed by atoms with E-state index in [-0.39, 0.29) is 5.70 Å². The molecule has 1 heterocycles. The van der Waals surface area contributed by atoms with E-state index in [0.29, 0.717) is 17.2 Å². The third-order valence-electron chi connectivity index (χ3n) is 5.31. The van der Waals surface area contributed by atoms with E-state index in [9.17, 15) is 9.59 Å². The number of hydrogen-bond acceptors (Lipinski definition) is 5. The van der Waals surface area contributed by atoms with Crippen molar-refractivity contribution in [1.29, 1.82) is 0 Å². The van der Waals surface area contributed by atoms with Gasteiger partial charge in [0.1, 0.15) is 17.2 Å². The number of ether oxygens (including phenoxy) is 1. The molecule has 0 aromatic heterocycles. The smallest absolute Gasteiger partial charge is 0.333 e. The van der Waals surface area contributed by atoms with Crippen LogP contribution in [-0.2, 0) is 11.3 Å². The molecule has 0 aliphatic carbocycles.